The maximum absolute atomic E-state index is 13.8. The molecule has 0 fully saturated rings. The van der Waals surface area contributed by atoms with Gasteiger partial charge in [0.2, 0.25) is 30.1 Å². The summed E-state index contributed by atoms with van der Waals surface area (Å²) in [5.74, 6) is -2.65. The highest BCUT2D eigenvalue weighted by Crippen LogP contribution is 2.21. The molecule has 2 aromatic carbocycles. The van der Waals surface area contributed by atoms with Crippen molar-refractivity contribution in [2.45, 2.75) is 91.0 Å². The number of aromatic nitrogens is 1. The predicted molar refractivity (Wildman–Crippen MR) is 191 cm³/mol. The van der Waals surface area contributed by atoms with E-state index >= 15 is 0 Å². The number of hydrogen-bond donors (Lipinski definition) is 7. The summed E-state index contributed by atoms with van der Waals surface area (Å²) in [7, 11) is 0. The number of pyridine rings is 1. The molecule has 13 heteroatoms. The quantitative estimate of drug-likeness (QED) is 0.0778. The number of carboxylic acids is 1. The fraction of sp³-hybridized carbons (Fsp3) is 0.421. The minimum Gasteiger partial charge on any atom is -0.478 e. The van der Waals surface area contributed by atoms with Gasteiger partial charge in [-0.1, -0.05) is 76.6 Å². The van der Waals surface area contributed by atoms with Crippen molar-refractivity contribution in [3.05, 3.63) is 101 Å². The number of carboxylic acid groups (broad SMARTS) is 1. The van der Waals surface area contributed by atoms with Crippen LogP contribution in [0.3, 0.4) is 0 Å². The van der Waals surface area contributed by atoms with Gasteiger partial charge >= 0.3 is 5.97 Å². The van der Waals surface area contributed by atoms with E-state index in [-0.39, 0.29) is 41.4 Å². The summed E-state index contributed by atoms with van der Waals surface area (Å²) >= 11 is 0. The Morgan fingerprint density at radius 3 is 1.98 bits per heavy atom. The second kappa shape index (κ2) is 19.2. The van der Waals surface area contributed by atoms with Crippen LogP contribution in [0.15, 0.2) is 79.1 Å². The number of amides is 4. The van der Waals surface area contributed by atoms with Crippen LogP contribution >= 0.6 is 0 Å². The molecule has 13 nitrogen and oxygen atoms in total. The van der Waals surface area contributed by atoms with E-state index in [0.29, 0.717) is 25.7 Å². The third-order valence-electron chi connectivity index (χ3n) is 8.13. The molecule has 1 heterocycles. The molecule has 3 aromatic rings. The summed E-state index contributed by atoms with van der Waals surface area (Å²) in [6.07, 6.45) is 4.37. The zero-order valence-electron chi connectivity index (χ0n) is 29.9. The van der Waals surface area contributed by atoms with Crippen LogP contribution in [0.4, 0.5) is 0 Å². The Kier molecular flexibility index (Phi) is 15.1. The van der Waals surface area contributed by atoms with Gasteiger partial charge in [-0.05, 0) is 54.9 Å². The van der Waals surface area contributed by atoms with Crippen molar-refractivity contribution in [2.75, 3.05) is 6.54 Å². The highest BCUT2D eigenvalue weighted by Gasteiger charge is 2.31. The van der Waals surface area contributed by atoms with Gasteiger partial charge < -0.3 is 31.7 Å². The van der Waals surface area contributed by atoms with Crippen LogP contribution < -0.4 is 31.3 Å². The minimum atomic E-state index is -1.02. The van der Waals surface area contributed by atoms with Crippen LogP contribution in [0.2, 0.25) is 0 Å². The molecule has 0 aliphatic heterocycles. The topological polar surface area (TPSA) is 190 Å². The third-order valence-corrected chi connectivity index (χ3v) is 8.13. The third kappa shape index (κ3) is 13.9. The van der Waals surface area contributed by atoms with Gasteiger partial charge in [0.25, 0.3) is 5.91 Å². The summed E-state index contributed by atoms with van der Waals surface area (Å²) < 4.78 is 0.812. The van der Waals surface area contributed by atoms with Gasteiger partial charge in [-0.2, -0.15) is 0 Å². The first-order valence-electron chi connectivity index (χ1n) is 17.1. The van der Waals surface area contributed by atoms with E-state index in [9.17, 15) is 29.2 Å². The van der Waals surface area contributed by atoms with Gasteiger partial charge in [-0.3, -0.25) is 24.4 Å². The fourth-order valence-electron chi connectivity index (χ4n) is 5.36. The molecule has 0 saturated carbocycles. The van der Waals surface area contributed by atoms with Gasteiger partial charge in [0.05, 0.1) is 17.2 Å². The summed E-state index contributed by atoms with van der Waals surface area (Å²) in [5, 5.41) is 33.4. The Balaban J connectivity index is 1.68. The van der Waals surface area contributed by atoms with E-state index < -0.39 is 42.0 Å². The molecule has 4 atom stereocenters. The van der Waals surface area contributed by atoms with E-state index in [4.69, 9.17) is 5.11 Å². The lowest BCUT2D eigenvalue weighted by atomic mass is 9.87. The van der Waals surface area contributed by atoms with Gasteiger partial charge in [-0.25, -0.2) is 4.79 Å². The number of aromatic carboxylic acids is 1. The molecule has 3 rings (SSSR count). The smallest absolute Gasteiger partial charge is 0.335 e. The molecule has 7 N–H and O–H groups in total. The molecule has 0 bridgehead atoms. The lowest BCUT2D eigenvalue weighted by molar-refractivity contribution is -0.904. The van der Waals surface area contributed by atoms with Crippen molar-refractivity contribution in [1.29, 1.82) is 0 Å². The average molecular weight is 704 g/mol. The standard InChI is InChI=1S/C38H50N6O7/c1-6-10-31(42-36(48)32(22-38(3,4)5)43-34(46)28-17-19-44(51)20-18-28)35(47)41-30(21-26-11-8-7-9-12-26)24-39-25(2)33(45)40-23-27-13-15-29(16-14-27)37(49)50/h7-9,11-20,25,30-32,39H,6,10,21-24H2,1-5H3,(H5-,40,41,42,43,45,46,47,48,49,50,51)/p+1/t25-,30?,31-,32?/m0/s1. The number of benzene rings is 2. The predicted octanol–water partition coefficient (Wildman–Crippen LogP) is 2.75. The zero-order chi connectivity index (χ0) is 37.6. The van der Waals surface area contributed by atoms with Crippen molar-refractivity contribution in [3.63, 3.8) is 0 Å². The van der Waals surface area contributed by atoms with Crippen molar-refractivity contribution >= 4 is 29.6 Å². The van der Waals surface area contributed by atoms with Crippen molar-refractivity contribution < 1.29 is 39.0 Å². The number of nitrogens with zero attached hydrogens (tertiary/aromatic N) is 1. The van der Waals surface area contributed by atoms with Crippen LogP contribution in [-0.2, 0) is 27.3 Å². The zero-order valence-corrected chi connectivity index (χ0v) is 29.9. The van der Waals surface area contributed by atoms with Gasteiger partial charge in [0.1, 0.15) is 12.1 Å². The SMILES string of the molecule is CCC[C@H](NC(=O)C(CC(C)(C)C)NC(=O)c1cc[n+](O)cc1)C(=O)NC(CN[C@@H](C)C(=O)NCc1ccc(C(=O)O)cc1)Cc1ccccc1. The van der Waals surface area contributed by atoms with E-state index in [1.165, 1.54) is 36.7 Å². The summed E-state index contributed by atoms with van der Waals surface area (Å²) in [6, 6.07) is 15.9. The molecular weight excluding hydrogens is 652 g/mol. The van der Waals surface area contributed by atoms with Crippen LogP contribution in [-0.4, -0.2) is 70.6 Å². The molecular formula is C38H51N6O7+. The fourth-order valence-corrected chi connectivity index (χ4v) is 5.36. The normalized spacial score (nSPS) is 13.6. The second-order valence-corrected chi connectivity index (χ2v) is 13.9. The second-order valence-electron chi connectivity index (χ2n) is 13.9. The van der Waals surface area contributed by atoms with Crippen LogP contribution in [0.1, 0.15) is 85.7 Å². The van der Waals surface area contributed by atoms with E-state index in [1.807, 2.05) is 58.0 Å². The Labute approximate surface area is 299 Å². The first-order chi connectivity index (χ1) is 24.1. The molecule has 0 aliphatic rings. The maximum atomic E-state index is 13.8. The molecule has 274 valence electrons. The Morgan fingerprint density at radius 1 is 0.765 bits per heavy atom. The van der Waals surface area contributed by atoms with Gasteiger partial charge in [0, 0.05) is 36.0 Å². The number of carbonyl (C=O) groups excluding carboxylic acids is 4. The van der Waals surface area contributed by atoms with Crippen LogP contribution in [0.25, 0.3) is 0 Å². The first-order valence-corrected chi connectivity index (χ1v) is 17.1. The Hall–Kier alpha value is -5.30. The van der Waals surface area contributed by atoms with Crippen molar-refractivity contribution in [3.8, 4) is 0 Å². The average Bonchev–Trinajstić information content (AvgIpc) is 3.09. The van der Waals surface area contributed by atoms with E-state index in [2.05, 4.69) is 26.6 Å². The highest BCUT2D eigenvalue weighted by atomic mass is 16.5. The molecule has 4 amide bonds. The first kappa shape index (κ1) is 40.1. The number of carbonyl (C=O) groups is 5. The lowest BCUT2D eigenvalue weighted by Crippen LogP contribution is -2.57. The number of nitrogens with one attached hydrogen (secondary N) is 5. The van der Waals surface area contributed by atoms with Crippen LogP contribution in [0, 0.1) is 5.41 Å². The largest absolute Gasteiger partial charge is 0.478 e. The van der Waals surface area contributed by atoms with E-state index in [1.54, 1.807) is 19.1 Å². The Morgan fingerprint density at radius 2 is 1.39 bits per heavy atom. The molecule has 1 aromatic heterocycles. The summed E-state index contributed by atoms with van der Waals surface area (Å²) in [4.78, 5) is 64.5. The molecule has 0 spiro atoms. The molecule has 0 aliphatic carbocycles. The summed E-state index contributed by atoms with van der Waals surface area (Å²) in [5.41, 5.74) is 1.83. The molecule has 0 radical (unpaired) electrons. The van der Waals surface area contributed by atoms with Crippen molar-refractivity contribution in [1.82, 2.24) is 26.6 Å². The van der Waals surface area contributed by atoms with Gasteiger partial charge in [0.15, 0.2) is 0 Å². The van der Waals surface area contributed by atoms with Crippen molar-refractivity contribution in [2.24, 2.45) is 5.41 Å². The number of hydrogen-bond acceptors (Lipinski definition) is 7. The number of rotatable bonds is 18. The molecule has 2 unspecified atom stereocenters. The monoisotopic (exact) mass is 703 g/mol. The highest BCUT2D eigenvalue weighted by molar-refractivity contribution is 5.98. The minimum absolute atomic E-state index is 0.161. The maximum Gasteiger partial charge on any atom is 0.335 e. The van der Waals surface area contributed by atoms with Gasteiger partial charge in [-0.15, -0.1) is 0 Å². The summed E-state index contributed by atoms with van der Waals surface area (Å²) in [6.45, 7) is 9.95. The molecule has 0 saturated heterocycles. The van der Waals surface area contributed by atoms with Crippen LogP contribution in [0.5, 0.6) is 0 Å². The lowest BCUT2D eigenvalue weighted by Gasteiger charge is -2.29. The van der Waals surface area contributed by atoms with E-state index in [0.717, 1.165) is 15.9 Å². The Bertz CT molecular complexity index is 1610. The molecule has 51 heavy (non-hydrogen) atoms.